The van der Waals surface area contributed by atoms with Crippen LogP contribution in [0.25, 0.3) is 0 Å². The van der Waals surface area contributed by atoms with Gasteiger partial charge in [0.05, 0.1) is 11.8 Å². The van der Waals surface area contributed by atoms with Gasteiger partial charge < -0.3 is 15.2 Å². The Kier molecular flexibility index (Phi) is 7.93. The van der Waals surface area contributed by atoms with Gasteiger partial charge in [0.25, 0.3) is 5.91 Å². The Hall–Kier alpha value is -2.84. The van der Waals surface area contributed by atoms with Crippen LogP contribution in [0.15, 0.2) is 47.6 Å². The van der Waals surface area contributed by atoms with Crippen LogP contribution in [0.2, 0.25) is 5.02 Å². The van der Waals surface area contributed by atoms with Crippen molar-refractivity contribution in [3.8, 4) is 0 Å². The molecule has 0 aliphatic rings. The van der Waals surface area contributed by atoms with Crippen LogP contribution in [-0.2, 0) is 11.3 Å². The molecule has 0 aliphatic carbocycles. The first-order valence-electron chi connectivity index (χ1n) is 10.3. The Morgan fingerprint density at radius 3 is 2.59 bits per heavy atom. The second-order valence-corrected chi connectivity index (χ2v) is 8.69. The van der Waals surface area contributed by atoms with Gasteiger partial charge in [-0.25, -0.2) is 0 Å². The van der Waals surface area contributed by atoms with E-state index < -0.39 is 0 Å². The van der Waals surface area contributed by atoms with E-state index in [0.717, 1.165) is 11.1 Å². The van der Waals surface area contributed by atoms with Gasteiger partial charge in [0, 0.05) is 22.8 Å². The number of hydrogen-bond acceptors (Lipinski definition) is 5. The van der Waals surface area contributed by atoms with E-state index in [-0.39, 0.29) is 23.6 Å². The van der Waals surface area contributed by atoms with Crippen molar-refractivity contribution in [2.45, 2.75) is 45.4 Å². The average molecular weight is 472 g/mol. The van der Waals surface area contributed by atoms with Gasteiger partial charge in [-0.1, -0.05) is 47.6 Å². The molecule has 168 valence electrons. The predicted octanol–water partition coefficient (Wildman–Crippen LogP) is 4.79. The summed E-state index contributed by atoms with van der Waals surface area (Å²) < 4.78 is 1.91. The minimum Gasteiger partial charge on any atom is -0.342 e. The second-order valence-electron chi connectivity index (χ2n) is 7.34. The van der Waals surface area contributed by atoms with Crippen LogP contribution in [0.1, 0.15) is 47.2 Å². The maximum Gasteiger partial charge on any atom is 0.252 e. The summed E-state index contributed by atoms with van der Waals surface area (Å²) in [6.45, 7) is 8.22. The number of aryl methyl sites for hydroxylation is 1. The molecule has 0 saturated heterocycles. The zero-order chi connectivity index (χ0) is 23.3. The number of thioether (sulfide) groups is 1. The van der Waals surface area contributed by atoms with Gasteiger partial charge in [0.2, 0.25) is 5.91 Å². The number of hydrogen-bond donors (Lipinski definition) is 2. The van der Waals surface area contributed by atoms with Crippen molar-refractivity contribution in [3.05, 3.63) is 70.0 Å². The van der Waals surface area contributed by atoms with Crippen molar-refractivity contribution in [3.63, 3.8) is 0 Å². The number of nitrogens with one attached hydrogen (secondary N) is 2. The van der Waals surface area contributed by atoms with E-state index in [2.05, 4.69) is 20.8 Å². The molecule has 7 nitrogen and oxygen atoms in total. The standard InChI is InChI=1S/C23H26ClN5O2S/c1-5-29-21(16(4)25-22(31)17-10-7-6-9-14(17)2)27-28-23(29)32-13-20(30)26-19-12-8-11-18(24)15(19)3/h6-12,16H,5,13H2,1-4H3,(H,25,31)(H,26,30)/t16-/m1/s1. The zero-order valence-electron chi connectivity index (χ0n) is 18.5. The molecule has 0 aliphatic heterocycles. The molecular weight excluding hydrogens is 446 g/mol. The van der Waals surface area contributed by atoms with Crippen molar-refractivity contribution >= 4 is 40.9 Å². The molecule has 32 heavy (non-hydrogen) atoms. The summed E-state index contributed by atoms with van der Waals surface area (Å²) in [5, 5.41) is 15.6. The SMILES string of the molecule is CCn1c(SCC(=O)Nc2cccc(Cl)c2C)nnc1[C@@H](C)NC(=O)c1ccccc1C. The smallest absolute Gasteiger partial charge is 0.252 e. The third-order valence-corrected chi connectivity index (χ3v) is 6.44. The fourth-order valence-corrected chi connectivity index (χ4v) is 4.23. The highest BCUT2D eigenvalue weighted by Gasteiger charge is 2.21. The average Bonchev–Trinajstić information content (AvgIpc) is 3.19. The number of halogens is 1. The van der Waals surface area contributed by atoms with Crippen LogP contribution < -0.4 is 10.6 Å². The molecular formula is C23H26ClN5O2S. The van der Waals surface area contributed by atoms with Crippen molar-refractivity contribution in [1.82, 2.24) is 20.1 Å². The number of anilines is 1. The van der Waals surface area contributed by atoms with E-state index in [9.17, 15) is 9.59 Å². The summed E-state index contributed by atoms with van der Waals surface area (Å²) in [6, 6.07) is 12.5. The van der Waals surface area contributed by atoms with Crippen LogP contribution in [0.4, 0.5) is 5.69 Å². The first-order valence-corrected chi connectivity index (χ1v) is 11.7. The lowest BCUT2D eigenvalue weighted by atomic mass is 10.1. The molecule has 0 fully saturated rings. The Bertz CT molecular complexity index is 1130. The summed E-state index contributed by atoms with van der Waals surface area (Å²) in [5.41, 5.74) is 3.05. The number of benzene rings is 2. The van der Waals surface area contributed by atoms with E-state index in [4.69, 9.17) is 11.6 Å². The first-order chi connectivity index (χ1) is 15.3. The number of carbonyl (C=O) groups excluding carboxylic acids is 2. The molecule has 0 bridgehead atoms. The topological polar surface area (TPSA) is 88.9 Å². The molecule has 0 spiro atoms. The van der Waals surface area contributed by atoms with E-state index in [1.165, 1.54) is 11.8 Å². The Morgan fingerprint density at radius 1 is 1.12 bits per heavy atom. The van der Waals surface area contributed by atoms with Gasteiger partial charge >= 0.3 is 0 Å². The number of nitrogens with zero attached hydrogens (tertiary/aromatic N) is 3. The van der Waals surface area contributed by atoms with Crippen LogP contribution in [0, 0.1) is 13.8 Å². The predicted molar refractivity (Wildman–Crippen MR) is 128 cm³/mol. The minimum atomic E-state index is -0.341. The summed E-state index contributed by atoms with van der Waals surface area (Å²) in [4.78, 5) is 25.1. The lowest BCUT2D eigenvalue weighted by molar-refractivity contribution is -0.113. The monoisotopic (exact) mass is 471 g/mol. The fraction of sp³-hybridized carbons (Fsp3) is 0.304. The largest absolute Gasteiger partial charge is 0.342 e. The molecule has 0 unspecified atom stereocenters. The Labute approximate surface area is 197 Å². The number of rotatable bonds is 8. The summed E-state index contributed by atoms with van der Waals surface area (Å²) in [7, 11) is 0. The number of carbonyl (C=O) groups is 2. The first kappa shape index (κ1) is 23.8. The van der Waals surface area contributed by atoms with E-state index >= 15 is 0 Å². The minimum absolute atomic E-state index is 0.159. The van der Waals surface area contributed by atoms with Crippen LogP contribution >= 0.6 is 23.4 Å². The van der Waals surface area contributed by atoms with Gasteiger partial charge in [0.15, 0.2) is 11.0 Å². The van der Waals surface area contributed by atoms with Crippen molar-refractivity contribution < 1.29 is 9.59 Å². The normalized spacial score (nSPS) is 11.8. The maximum absolute atomic E-state index is 12.7. The second kappa shape index (κ2) is 10.7. The molecule has 2 aromatic carbocycles. The van der Waals surface area contributed by atoms with Crippen LogP contribution in [-0.4, -0.2) is 32.3 Å². The van der Waals surface area contributed by atoms with Gasteiger partial charge in [0.1, 0.15) is 0 Å². The van der Waals surface area contributed by atoms with E-state index in [0.29, 0.717) is 33.8 Å². The van der Waals surface area contributed by atoms with Gasteiger partial charge in [-0.3, -0.25) is 9.59 Å². The molecule has 9 heteroatoms. The Balaban J connectivity index is 1.65. The zero-order valence-corrected chi connectivity index (χ0v) is 20.0. The highest BCUT2D eigenvalue weighted by molar-refractivity contribution is 7.99. The highest BCUT2D eigenvalue weighted by Crippen LogP contribution is 2.24. The van der Waals surface area contributed by atoms with Crippen molar-refractivity contribution in [2.75, 3.05) is 11.1 Å². The third kappa shape index (κ3) is 5.49. The molecule has 3 aromatic rings. The lowest BCUT2D eigenvalue weighted by Gasteiger charge is -2.16. The van der Waals surface area contributed by atoms with Crippen molar-refractivity contribution in [1.29, 1.82) is 0 Å². The molecule has 1 heterocycles. The van der Waals surface area contributed by atoms with E-state index in [1.54, 1.807) is 18.2 Å². The molecule has 1 aromatic heterocycles. The van der Waals surface area contributed by atoms with Gasteiger partial charge in [-0.05, 0) is 57.0 Å². The van der Waals surface area contributed by atoms with Crippen molar-refractivity contribution in [2.24, 2.45) is 0 Å². The summed E-state index contributed by atoms with van der Waals surface area (Å²) >= 11 is 7.41. The van der Waals surface area contributed by atoms with E-state index in [1.807, 2.05) is 56.5 Å². The lowest BCUT2D eigenvalue weighted by Crippen LogP contribution is -2.29. The summed E-state index contributed by atoms with van der Waals surface area (Å²) in [5.74, 6) is 0.497. The molecule has 3 rings (SSSR count). The Morgan fingerprint density at radius 2 is 1.88 bits per heavy atom. The van der Waals surface area contributed by atoms with Gasteiger partial charge in [-0.15, -0.1) is 10.2 Å². The van der Waals surface area contributed by atoms with Crippen LogP contribution in [0.3, 0.4) is 0 Å². The van der Waals surface area contributed by atoms with Crippen LogP contribution in [0.5, 0.6) is 0 Å². The summed E-state index contributed by atoms with van der Waals surface area (Å²) in [6.07, 6.45) is 0. The molecule has 0 saturated carbocycles. The van der Waals surface area contributed by atoms with Gasteiger partial charge in [-0.2, -0.15) is 0 Å². The third-order valence-electron chi connectivity index (χ3n) is 5.06. The quantitative estimate of drug-likeness (QED) is 0.461. The number of aromatic nitrogens is 3. The molecule has 2 amide bonds. The fourth-order valence-electron chi connectivity index (χ4n) is 3.25. The highest BCUT2D eigenvalue weighted by atomic mass is 35.5. The molecule has 2 N–H and O–H groups in total. The number of amides is 2. The maximum atomic E-state index is 12.7. The molecule has 0 radical (unpaired) electrons. The molecule has 1 atom stereocenters.